The van der Waals surface area contributed by atoms with E-state index in [1.165, 1.54) is 0 Å². The van der Waals surface area contributed by atoms with Gasteiger partial charge in [-0.1, -0.05) is 45.7 Å². The predicted molar refractivity (Wildman–Crippen MR) is 89.6 cm³/mol. The minimum Gasteiger partial charge on any atom is -0.350 e. The Labute approximate surface area is 140 Å². The van der Waals surface area contributed by atoms with E-state index >= 15 is 0 Å². The molecule has 0 unspecified atom stereocenters. The number of carbonyl (C=O) groups excluding carboxylic acids is 2. The quantitative estimate of drug-likeness (QED) is 0.826. The molecule has 0 spiro atoms. The van der Waals surface area contributed by atoms with Crippen molar-refractivity contribution in [1.82, 2.24) is 0 Å². The number of nitrogens with zero attached hydrogens (tertiary/aromatic N) is 1. The zero-order valence-corrected chi connectivity index (χ0v) is 13.6. The zero-order valence-electron chi connectivity index (χ0n) is 11.2. The van der Waals surface area contributed by atoms with Crippen LogP contribution in [0.4, 0.5) is 11.4 Å². The lowest BCUT2D eigenvalue weighted by Gasteiger charge is -2.15. The lowest BCUT2D eigenvalue weighted by Crippen LogP contribution is -2.32. The number of imide groups is 1. The summed E-state index contributed by atoms with van der Waals surface area (Å²) in [6.45, 7) is 0. The Hall–Kier alpha value is -2.11. The summed E-state index contributed by atoms with van der Waals surface area (Å²) in [5, 5.41) is 2.79. The van der Waals surface area contributed by atoms with Gasteiger partial charge < -0.3 is 5.32 Å². The fourth-order valence-electron chi connectivity index (χ4n) is 2.10. The fraction of sp³-hybridized carbons (Fsp3) is 0. The molecule has 0 radical (unpaired) electrons. The highest BCUT2D eigenvalue weighted by molar-refractivity contribution is 9.10. The van der Waals surface area contributed by atoms with Gasteiger partial charge in [-0.05, 0) is 36.4 Å². The molecule has 4 nitrogen and oxygen atoms in total. The smallest absolute Gasteiger partial charge is 0.283 e. The summed E-state index contributed by atoms with van der Waals surface area (Å²) in [7, 11) is 0. The van der Waals surface area contributed by atoms with Crippen molar-refractivity contribution in [2.24, 2.45) is 0 Å². The molecule has 22 heavy (non-hydrogen) atoms. The standard InChI is InChI=1S/C16H10BrClN2O2/c17-10-6-8-12(9-7-10)20-15(21)13(18)14(16(20)22)19-11-4-2-1-3-5-11/h1-9,19H. The third kappa shape index (κ3) is 2.65. The van der Waals surface area contributed by atoms with E-state index in [0.717, 1.165) is 9.37 Å². The minimum atomic E-state index is -0.535. The minimum absolute atomic E-state index is 0.0841. The largest absolute Gasteiger partial charge is 0.350 e. The maximum Gasteiger partial charge on any atom is 0.283 e. The Kier molecular flexibility index (Phi) is 4.00. The highest BCUT2D eigenvalue weighted by Crippen LogP contribution is 2.30. The Bertz CT molecular complexity index is 772. The third-order valence-corrected chi connectivity index (χ3v) is 4.03. The van der Waals surface area contributed by atoms with E-state index in [1.54, 1.807) is 36.4 Å². The maximum atomic E-state index is 12.5. The van der Waals surface area contributed by atoms with E-state index < -0.39 is 11.8 Å². The van der Waals surface area contributed by atoms with Gasteiger partial charge in [-0.25, -0.2) is 4.90 Å². The van der Waals surface area contributed by atoms with E-state index in [1.807, 2.05) is 18.2 Å². The van der Waals surface area contributed by atoms with Gasteiger partial charge in [-0.3, -0.25) is 9.59 Å². The second-order valence-electron chi connectivity index (χ2n) is 4.60. The Balaban J connectivity index is 1.91. The first kappa shape index (κ1) is 14.8. The lowest BCUT2D eigenvalue weighted by molar-refractivity contribution is -0.120. The molecule has 3 rings (SSSR count). The number of benzene rings is 2. The van der Waals surface area contributed by atoms with Crippen LogP contribution in [0.25, 0.3) is 0 Å². The molecular formula is C16H10BrClN2O2. The molecule has 1 aliphatic rings. The SMILES string of the molecule is O=C1C(Cl)=C(Nc2ccccc2)C(=O)N1c1ccc(Br)cc1. The summed E-state index contributed by atoms with van der Waals surface area (Å²) in [6, 6.07) is 15.9. The molecule has 0 saturated carbocycles. The van der Waals surface area contributed by atoms with Gasteiger partial charge in [0.1, 0.15) is 10.7 Å². The highest BCUT2D eigenvalue weighted by Gasteiger charge is 2.38. The molecule has 6 heteroatoms. The van der Waals surface area contributed by atoms with Crippen LogP contribution < -0.4 is 10.2 Å². The van der Waals surface area contributed by atoms with Crippen molar-refractivity contribution in [3.8, 4) is 0 Å². The predicted octanol–water partition coefficient (Wildman–Crippen LogP) is 3.88. The van der Waals surface area contributed by atoms with Gasteiger partial charge in [-0.2, -0.15) is 0 Å². The number of anilines is 2. The van der Waals surface area contributed by atoms with Gasteiger partial charge >= 0.3 is 0 Å². The summed E-state index contributed by atoms with van der Waals surface area (Å²) in [6.07, 6.45) is 0. The Morgan fingerprint density at radius 1 is 0.909 bits per heavy atom. The summed E-state index contributed by atoms with van der Waals surface area (Å²) in [4.78, 5) is 25.8. The molecule has 0 aliphatic carbocycles. The van der Waals surface area contributed by atoms with Gasteiger partial charge in [0, 0.05) is 10.2 Å². The molecule has 2 amide bonds. The number of amides is 2. The average Bonchev–Trinajstić information content (AvgIpc) is 2.73. The first-order valence-electron chi connectivity index (χ1n) is 6.44. The molecule has 0 bridgehead atoms. The zero-order chi connectivity index (χ0) is 15.7. The number of hydrogen-bond donors (Lipinski definition) is 1. The van der Waals surface area contributed by atoms with Gasteiger partial charge in [-0.15, -0.1) is 0 Å². The van der Waals surface area contributed by atoms with Gasteiger partial charge in [0.2, 0.25) is 0 Å². The maximum absolute atomic E-state index is 12.5. The first-order valence-corrected chi connectivity index (χ1v) is 7.61. The van der Waals surface area contributed by atoms with Crippen LogP contribution in [0.3, 0.4) is 0 Å². The van der Waals surface area contributed by atoms with E-state index in [0.29, 0.717) is 11.4 Å². The average molecular weight is 378 g/mol. The van der Waals surface area contributed by atoms with Crippen molar-refractivity contribution in [2.75, 3.05) is 10.2 Å². The molecule has 1 aliphatic heterocycles. The van der Waals surface area contributed by atoms with Crippen LogP contribution in [0.5, 0.6) is 0 Å². The number of hydrogen-bond acceptors (Lipinski definition) is 3. The first-order chi connectivity index (χ1) is 10.6. The fourth-order valence-corrected chi connectivity index (χ4v) is 2.58. The van der Waals surface area contributed by atoms with E-state index in [-0.39, 0.29) is 10.7 Å². The van der Waals surface area contributed by atoms with E-state index in [4.69, 9.17) is 11.6 Å². The number of para-hydroxylation sites is 1. The summed E-state index contributed by atoms with van der Waals surface area (Å²) >= 11 is 9.36. The molecule has 1 heterocycles. The number of nitrogens with one attached hydrogen (secondary N) is 1. The molecule has 110 valence electrons. The lowest BCUT2D eigenvalue weighted by atomic mass is 10.3. The number of rotatable bonds is 3. The number of halogens is 2. The normalized spacial score (nSPS) is 14.7. The highest BCUT2D eigenvalue weighted by atomic mass is 79.9. The molecule has 0 saturated heterocycles. The van der Waals surface area contributed by atoms with E-state index in [9.17, 15) is 9.59 Å². The van der Waals surface area contributed by atoms with Gasteiger partial charge in [0.15, 0.2) is 0 Å². The van der Waals surface area contributed by atoms with Crippen LogP contribution in [0.2, 0.25) is 0 Å². The molecule has 0 fully saturated rings. The molecule has 2 aromatic carbocycles. The van der Waals surface area contributed by atoms with Crippen molar-refractivity contribution in [1.29, 1.82) is 0 Å². The molecule has 2 aromatic rings. The van der Waals surface area contributed by atoms with Crippen LogP contribution in [-0.2, 0) is 9.59 Å². The van der Waals surface area contributed by atoms with Gasteiger partial charge in [0.05, 0.1) is 5.69 Å². The summed E-state index contributed by atoms with van der Waals surface area (Å²) in [5.41, 5.74) is 1.25. The molecule has 0 aromatic heterocycles. The van der Waals surface area contributed by atoms with Crippen LogP contribution in [0.15, 0.2) is 69.8 Å². The van der Waals surface area contributed by atoms with Crippen molar-refractivity contribution in [3.63, 3.8) is 0 Å². The van der Waals surface area contributed by atoms with Crippen LogP contribution in [0, 0.1) is 0 Å². The van der Waals surface area contributed by atoms with Crippen molar-refractivity contribution in [3.05, 3.63) is 69.8 Å². The topological polar surface area (TPSA) is 49.4 Å². The van der Waals surface area contributed by atoms with Crippen LogP contribution in [-0.4, -0.2) is 11.8 Å². The third-order valence-electron chi connectivity index (χ3n) is 3.16. The summed E-state index contributed by atoms with van der Waals surface area (Å²) < 4.78 is 0.858. The van der Waals surface area contributed by atoms with E-state index in [2.05, 4.69) is 21.2 Å². The number of carbonyl (C=O) groups is 2. The van der Waals surface area contributed by atoms with Crippen molar-refractivity contribution >= 4 is 50.7 Å². The van der Waals surface area contributed by atoms with Crippen LogP contribution in [0.1, 0.15) is 0 Å². The second-order valence-corrected chi connectivity index (χ2v) is 5.90. The summed E-state index contributed by atoms with van der Waals surface area (Å²) in [5.74, 6) is -1.01. The Morgan fingerprint density at radius 3 is 2.18 bits per heavy atom. The second kappa shape index (κ2) is 5.94. The molecule has 0 atom stereocenters. The van der Waals surface area contributed by atoms with Crippen molar-refractivity contribution in [2.45, 2.75) is 0 Å². The molecular weight excluding hydrogens is 368 g/mol. The van der Waals surface area contributed by atoms with Gasteiger partial charge in [0.25, 0.3) is 11.8 Å². The van der Waals surface area contributed by atoms with Crippen molar-refractivity contribution < 1.29 is 9.59 Å². The molecule has 1 N–H and O–H groups in total. The van der Waals surface area contributed by atoms with Crippen LogP contribution >= 0.6 is 27.5 Å². The Morgan fingerprint density at radius 2 is 1.55 bits per heavy atom. The monoisotopic (exact) mass is 376 g/mol.